The molecule has 0 fully saturated rings. The Morgan fingerprint density at radius 2 is 1.80 bits per heavy atom. The molecule has 1 N–H and O–H groups in total. The molecule has 1 heterocycles. The maximum atomic E-state index is 13.0. The molecule has 1 unspecified atom stereocenters. The molecular formula is C27H28N2O5S. The van der Waals surface area contributed by atoms with E-state index in [-0.39, 0.29) is 23.8 Å². The molecule has 1 atom stereocenters. The van der Waals surface area contributed by atoms with Gasteiger partial charge in [0.15, 0.2) is 21.3 Å². The molecule has 0 aliphatic heterocycles. The minimum absolute atomic E-state index is 0.00541. The van der Waals surface area contributed by atoms with Gasteiger partial charge in [-0.2, -0.15) is 0 Å². The van der Waals surface area contributed by atoms with E-state index in [9.17, 15) is 13.5 Å². The van der Waals surface area contributed by atoms with Gasteiger partial charge >= 0.3 is 0 Å². The van der Waals surface area contributed by atoms with Crippen LogP contribution in [0.4, 0.5) is 0 Å². The van der Waals surface area contributed by atoms with Crippen molar-refractivity contribution >= 4 is 20.9 Å². The van der Waals surface area contributed by atoms with E-state index in [0.717, 1.165) is 11.1 Å². The average Bonchev–Trinajstić information content (AvgIpc) is 3.19. The lowest BCUT2D eigenvalue weighted by atomic mass is 10.1. The third-order valence-electron chi connectivity index (χ3n) is 5.59. The zero-order valence-electron chi connectivity index (χ0n) is 19.5. The van der Waals surface area contributed by atoms with Gasteiger partial charge in [0.2, 0.25) is 0 Å². The van der Waals surface area contributed by atoms with Crippen LogP contribution in [-0.4, -0.2) is 42.9 Å². The smallest absolute Gasteiger partial charge is 0.185 e. The highest BCUT2D eigenvalue weighted by Gasteiger charge is 2.22. The summed E-state index contributed by atoms with van der Waals surface area (Å²) in [5.41, 5.74) is 2.45. The first kappa shape index (κ1) is 24.5. The molecule has 4 rings (SSSR count). The summed E-state index contributed by atoms with van der Waals surface area (Å²) in [5.74, 6) is 1.17. The zero-order chi connectivity index (χ0) is 24.8. The van der Waals surface area contributed by atoms with Gasteiger partial charge in [-0.25, -0.2) is 13.4 Å². The van der Waals surface area contributed by atoms with E-state index in [1.165, 1.54) is 0 Å². The number of allylic oxidation sites excluding steroid dienone is 1. The van der Waals surface area contributed by atoms with Crippen LogP contribution in [0.5, 0.6) is 11.5 Å². The van der Waals surface area contributed by atoms with Crippen molar-refractivity contribution in [1.29, 1.82) is 0 Å². The molecule has 3 aromatic carbocycles. The number of sulfone groups is 1. The summed E-state index contributed by atoms with van der Waals surface area (Å²) in [6, 6.07) is 21.3. The van der Waals surface area contributed by atoms with E-state index >= 15 is 0 Å². The number of hydrogen-bond acceptors (Lipinski definition) is 6. The number of nitrogens with zero attached hydrogens (tertiary/aromatic N) is 2. The van der Waals surface area contributed by atoms with Gasteiger partial charge in [0.05, 0.1) is 29.6 Å². The highest BCUT2D eigenvalue weighted by Crippen LogP contribution is 2.29. The lowest BCUT2D eigenvalue weighted by molar-refractivity contribution is 0.0913. The van der Waals surface area contributed by atoms with Gasteiger partial charge in [-0.1, -0.05) is 42.5 Å². The predicted octanol–water partition coefficient (Wildman–Crippen LogP) is 4.19. The maximum Gasteiger partial charge on any atom is 0.185 e. The Bertz CT molecular complexity index is 1410. The van der Waals surface area contributed by atoms with Crippen LogP contribution in [0.2, 0.25) is 0 Å². The molecule has 0 aliphatic carbocycles. The second-order valence-electron chi connectivity index (χ2n) is 8.14. The van der Waals surface area contributed by atoms with Gasteiger partial charge in [-0.3, -0.25) is 0 Å². The van der Waals surface area contributed by atoms with Crippen LogP contribution in [0.15, 0.2) is 90.3 Å². The number of rotatable bonds is 11. The van der Waals surface area contributed by atoms with Crippen molar-refractivity contribution in [3.63, 3.8) is 0 Å². The number of fused-ring (bicyclic) bond motifs is 1. The lowest BCUT2D eigenvalue weighted by Gasteiger charge is -2.17. The Hall–Kier alpha value is -3.62. The maximum absolute atomic E-state index is 13.0. The first-order chi connectivity index (χ1) is 16.9. The second-order valence-corrected chi connectivity index (χ2v) is 10.1. The summed E-state index contributed by atoms with van der Waals surface area (Å²) in [6.45, 7) is 3.86. The van der Waals surface area contributed by atoms with Crippen molar-refractivity contribution in [3.05, 3.63) is 96.8 Å². The van der Waals surface area contributed by atoms with Gasteiger partial charge in [0.25, 0.3) is 0 Å². The van der Waals surface area contributed by atoms with Gasteiger partial charge in [0, 0.05) is 0 Å². The number of aliphatic hydroxyl groups excluding tert-OH is 1. The monoisotopic (exact) mass is 492 g/mol. The predicted molar refractivity (Wildman–Crippen MR) is 135 cm³/mol. The Kier molecular flexibility index (Phi) is 7.53. The molecule has 0 aliphatic rings. The fourth-order valence-corrected chi connectivity index (χ4v) is 5.19. The molecule has 1 aromatic heterocycles. The number of hydrogen-bond donors (Lipinski definition) is 1. The van der Waals surface area contributed by atoms with Crippen molar-refractivity contribution in [2.75, 3.05) is 13.7 Å². The number of para-hydroxylation sites is 2. The Morgan fingerprint density at radius 3 is 2.54 bits per heavy atom. The van der Waals surface area contributed by atoms with Crippen molar-refractivity contribution in [3.8, 4) is 11.5 Å². The summed E-state index contributed by atoms with van der Waals surface area (Å²) < 4.78 is 39.0. The molecule has 0 radical (unpaired) electrons. The molecule has 8 heteroatoms. The fourth-order valence-electron chi connectivity index (χ4n) is 3.89. The van der Waals surface area contributed by atoms with Crippen LogP contribution >= 0.6 is 0 Å². The zero-order valence-corrected chi connectivity index (χ0v) is 20.3. The van der Waals surface area contributed by atoms with E-state index < -0.39 is 15.9 Å². The number of methoxy groups -OCH3 is 1. The largest absolute Gasteiger partial charge is 0.493 e. The summed E-state index contributed by atoms with van der Waals surface area (Å²) in [5, 5.41) is 10.8. The third-order valence-corrected chi connectivity index (χ3v) is 7.22. The Balaban J connectivity index is 1.54. The highest BCUT2D eigenvalue weighted by atomic mass is 32.2. The van der Waals surface area contributed by atoms with Gasteiger partial charge in [-0.05, 0) is 48.4 Å². The minimum atomic E-state index is -3.61. The van der Waals surface area contributed by atoms with Crippen LogP contribution in [0.1, 0.15) is 11.4 Å². The summed E-state index contributed by atoms with van der Waals surface area (Å²) in [4.78, 5) is 4.78. The first-order valence-corrected chi connectivity index (χ1v) is 12.9. The number of benzene rings is 3. The van der Waals surface area contributed by atoms with Crippen LogP contribution < -0.4 is 9.47 Å². The molecule has 0 saturated carbocycles. The first-order valence-electron chi connectivity index (χ1n) is 11.2. The molecule has 7 nitrogen and oxygen atoms in total. The standard InChI is InChI=1S/C27H28N2O5S/c1-3-9-20-14-15-25(26(16-20)33-2)34-18-21(30)17-29-24-13-8-7-12-23(24)28-27(29)19-35(31,32)22-10-5-4-6-11-22/h3-8,10-16,21,30H,1,9,17-19H2,2H3. The topological polar surface area (TPSA) is 90.7 Å². The molecule has 0 amide bonds. The van der Waals surface area contributed by atoms with Crippen LogP contribution in [0, 0.1) is 0 Å². The molecule has 182 valence electrons. The summed E-state index contributed by atoms with van der Waals surface area (Å²) in [6.07, 6.45) is 1.61. The number of imidazole rings is 1. The van der Waals surface area contributed by atoms with Crippen molar-refractivity contribution in [1.82, 2.24) is 9.55 Å². The van der Waals surface area contributed by atoms with E-state index in [1.807, 2.05) is 42.5 Å². The van der Waals surface area contributed by atoms with Crippen molar-refractivity contribution < 1.29 is 23.0 Å². The van der Waals surface area contributed by atoms with Crippen LogP contribution in [0.3, 0.4) is 0 Å². The summed E-state index contributed by atoms with van der Waals surface area (Å²) >= 11 is 0. The third kappa shape index (κ3) is 5.72. The minimum Gasteiger partial charge on any atom is -0.493 e. The van der Waals surface area contributed by atoms with Crippen LogP contribution in [0.25, 0.3) is 11.0 Å². The lowest BCUT2D eigenvalue weighted by Crippen LogP contribution is -2.25. The Labute approximate surface area is 205 Å². The van der Waals surface area contributed by atoms with E-state index in [2.05, 4.69) is 11.6 Å². The van der Waals surface area contributed by atoms with Gasteiger partial charge in [0.1, 0.15) is 24.3 Å². The molecule has 35 heavy (non-hydrogen) atoms. The van der Waals surface area contributed by atoms with Crippen LogP contribution in [-0.2, 0) is 28.6 Å². The highest BCUT2D eigenvalue weighted by molar-refractivity contribution is 7.90. The van der Waals surface area contributed by atoms with E-state index in [4.69, 9.17) is 9.47 Å². The molecular weight excluding hydrogens is 464 g/mol. The quantitative estimate of drug-likeness (QED) is 0.316. The number of aromatic nitrogens is 2. The second kappa shape index (κ2) is 10.8. The van der Waals surface area contributed by atoms with Gasteiger partial charge in [-0.15, -0.1) is 6.58 Å². The fraction of sp³-hybridized carbons (Fsp3) is 0.222. The molecule has 4 aromatic rings. The van der Waals surface area contributed by atoms with E-state index in [1.54, 1.807) is 48.1 Å². The molecule has 0 saturated heterocycles. The number of ether oxygens (including phenoxy) is 2. The Morgan fingerprint density at radius 1 is 1.06 bits per heavy atom. The van der Waals surface area contributed by atoms with Crippen molar-refractivity contribution in [2.24, 2.45) is 0 Å². The SMILES string of the molecule is C=CCc1ccc(OCC(O)Cn2c(CS(=O)(=O)c3ccccc3)nc3ccccc32)c(OC)c1. The average molecular weight is 493 g/mol. The van der Waals surface area contributed by atoms with Gasteiger partial charge < -0.3 is 19.1 Å². The molecule has 0 spiro atoms. The summed E-state index contributed by atoms with van der Waals surface area (Å²) in [7, 11) is -2.05. The number of aliphatic hydroxyl groups is 1. The molecule has 0 bridgehead atoms. The normalized spacial score (nSPS) is 12.4. The van der Waals surface area contributed by atoms with E-state index in [0.29, 0.717) is 29.3 Å². The van der Waals surface area contributed by atoms with Crippen molar-refractivity contribution in [2.45, 2.75) is 29.7 Å².